The molecule has 4 aromatic rings. The maximum absolute atomic E-state index is 13.7. The number of aromatic nitrogens is 5. The molecule has 2 heterocycles. The zero-order valence-corrected chi connectivity index (χ0v) is 15.7. The number of para-hydroxylation sites is 2. The number of hydrogen-bond acceptors (Lipinski definition) is 4. The molecule has 1 aliphatic rings. The van der Waals surface area contributed by atoms with Crippen LogP contribution in [0, 0.1) is 11.6 Å². The van der Waals surface area contributed by atoms with Crippen molar-refractivity contribution in [3.05, 3.63) is 83.4 Å². The van der Waals surface area contributed by atoms with E-state index in [4.69, 9.17) is 0 Å². The van der Waals surface area contributed by atoms with E-state index >= 15 is 0 Å². The standard InChI is InChI=1S/C21H16F2N6O/c22-15-9-8-13(12-16(15)23)29-18-7-3-4-14(18)20(26-29)21(30)25-17-5-1-2-6-19(17)28-11-10-24-27-28/h1-2,5-6,8-12H,3-4,7H2,(H,25,30). The lowest BCUT2D eigenvalue weighted by Gasteiger charge is -2.10. The second kappa shape index (κ2) is 7.18. The van der Waals surface area contributed by atoms with Crippen molar-refractivity contribution >= 4 is 11.6 Å². The highest BCUT2D eigenvalue weighted by Crippen LogP contribution is 2.29. The molecule has 0 unspecified atom stereocenters. The molecular weight excluding hydrogens is 390 g/mol. The van der Waals surface area contributed by atoms with E-state index in [2.05, 4.69) is 20.7 Å². The lowest BCUT2D eigenvalue weighted by atomic mass is 10.2. The van der Waals surface area contributed by atoms with Gasteiger partial charge in [-0.25, -0.2) is 18.1 Å². The average molecular weight is 406 g/mol. The monoisotopic (exact) mass is 406 g/mol. The number of anilines is 1. The molecule has 30 heavy (non-hydrogen) atoms. The zero-order chi connectivity index (χ0) is 20.7. The molecule has 1 amide bonds. The van der Waals surface area contributed by atoms with Crippen LogP contribution in [0.4, 0.5) is 14.5 Å². The van der Waals surface area contributed by atoms with Gasteiger partial charge >= 0.3 is 0 Å². The third kappa shape index (κ3) is 3.04. The first-order valence-electron chi connectivity index (χ1n) is 9.45. The summed E-state index contributed by atoms with van der Waals surface area (Å²) in [6.45, 7) is 0. The zero-order valence-electron chi connectivity index (χ0n) is 15.7. The molecule has 2 aromatic heterocycles. The fraction of sp³-hybridized carbons (Fsp3) is 0.143. The highest BCUT2D eigenvalue weighted by Gasteiger charge is 2.27. The van der Waals surface area contributed by atoms with E-state index in [9.17, 15) is 13.6 Å². The van der Waals surface area contributed by atoms with Gasteiger partial charge < -0.3 is 5.32 Å². The molecule has 1 N–H and O–H groups in total. The third-order valence-electron chi connectivity index (χ3n) is 5.11. The van der Waals surface area contributed by atoms with Crippen molar-refractivity contribution in [1.29, 1.82) is 0 Å². The van der Waals surface area contributed by atoms with Crippen molar-refractivity contribution in [1.82, 2.24) is 24.8 Å². The van der Waals surface area contributed by atoms with Crippen molar-refractivity contribution in [3.63, 3.8) is 0 Å². The molecule has 9 heteroatoms. The molecule has 0 radical (unpaired) electrons. The average Bonchev–Trinajstić information content (AvgIpc) is 3.48. The van der Waals surface area contributed by atoms with Crippen LogP contribution in [-0.4, -0.2) is 30.7 Å². The smallest absolute Gasteiger partial charge is 0.276 e. The predicted octanol–water partition coefficient (Wildman–Crippen LogP) is 3.47. The van der Waals surface area contributed by atoms with Gasteiger partial charge in [-0.3, -0.25) is 4.79 Å². The Balaban J connectivity index is 1.52. The topological polar surface area (TPSA) is 77.6 Å². The number of halogens is 2. The van der Waals surface area contributed by atoms with E-state index in [0.29, 0.717) is 29.9 Å². The molecule has 0 saturated heterocycles. The highest BCUT2D eigenvalue weighted by atomic mass is 19.2. The van der Waals surface area contributed by atoms with Gasteiger partial charge in [-0.15, -0.1) is 5.10 Å². The first kappa shape index (κ1) is 18.2. The number of nitrogens with one attached hydrogen (secondary N) is 1. The second-order valence-corrected chi connectivity index (χ2v) is 6.96. The van der Waals surface area contributed by atoms with Crippen LogP contribution in [0.3, 0.4) is 0 Å². The minimum absolute atomic E-state index is 0.278. The molecule has 0 fully saturated rings. The molecule has 0 aliphatic heterocycles. The lowest BCUT2D eigenvalue weighted by molar-refractivity contribution is 0.102. The SMILES string of the molecule is O=C(Nc1ccccc1-n1ccnn1)c1nn(-c2ccc(F)c(F)c2)c2c1CCC2. The minimum Gasteiger partial charge on any atom is -0.319 e. The van der Waals surface area contributed by atoms with Gasteiger partial charge in [0.2, 0.25) is 0 Å². The van der Waals surface area contributed by atoms with Crippen molar-refractivity contribution in [2.24, 2.45) is 0 Å². The summed E-state index contributed by atoms with van der Waals surface area (Å²) in [5.41, 5.74) is 3.56. The molecule has 150 valence electrons. The van der Waals surface area contributed by atoms with Gasteiger partial charge in [0.15, 0.2) is 17.3 Å². The summed E-state index contributed by atoms with van der Waals surface area (Å²) in [6, 6.07) is 10.8. The highest BCUT2D eigenvalue weighted by molar-refractivity contribution is 6.05. The van der Waals surface area contributed by atoms with Gasteiger partial charge in [0.05, 0.1) is 29.5 Å². The van der Waals surface area contributed by atoms with Crippen LogP contribution in [-0.2, 0) is 12.8 Å². The van der Waals surface area contributed by atoms with Gasteiger partial charge in [0, 0.05) is 17.3 Å². The Bertz CT molecular complexity index is 1250. The fourth-order valence-corrected chi connectivity index (χ4v) is 3.75. The molecule has 5 rings (SSSR count). The number of nitrogens with zero attached hydrogens (tertiary/aromatic N) is 5. The lowest BCUT2D eigenvalue weighted by Crippen LogP contribution is -2.16. The van der Waals surface area contributed by atoms with Gasteiger partial charge in [0.25, 0.3) is 5.91 Å². The fourth-order valence-electron chi connectivity index (χ4n) is 3.75. The predicted molar refractivity (Wildman–Crippen MR) is 105 cm³/mol. The number of amides is 1. The molecule has 0 saturated carbocycles. The van der Waals surface area contributed by atoms with Crippen LogP contribution < -0.4 is 5.32 Å². The number of carbonyl (C=O) groups is 1. The molecule has 0 bridgehead atoms. The number of fused-ring (bicyclic) bond motifs is 1. The van der Waals surface area contributed by atoms with Crippen molar-refractivity contribution in [3.8, 4) is 11.4 Å². The number of rotatable bonds is 4. The Morgan fingerprint density at radius 1 is 1.07 bits per heavy atom. The normalized spacial score (nSPS) is 12.7. The summed E-state index contributed by atoms with van der Waals surface area (Å²) in [5.74, 6) is -2.25. The van der Waals surface area contributed by atoms with E-state index in [0.717, 1.165) is 29.8 Å². The van der Waals surface area contributed by atoms with Crippen LogP contribution in [0.2, 0.25) is 0 Å². The summed E-state index contributed by atoms with van der Waals surface area (Å²) in [7, 11) is 0. The van der Waals surface area contributed by atoms with Crippen LogP contribution in [0.25, 0.3) is 11.4 Å². The Kier molecular flexibility index (Phi) is 4.35. The van der Waals surface area contributed by atoms with Crippen LogP contribution in [0.5, 0.6) is 0 Å². The summed E-state index contributed by atoms with van der Waals surface area (Å²) in [4.78, 5) is 13.1. The summed E-state index contributed by atoms with van der Waals surface area (Å²) >= 11 is 0. The Morgan fingerprint density at radius 3 is 2.73 bits per heavy atom. The maximum Gasteiger partial charge on any atom is 0.276 e. The Labute approximate surface area is 170 Å². The van der Waals surface area contributed by atoms with Crippen LogP contribution in [0.1, 0.15) is 28.2 Å². The van der Waals surface area contributed by atoms with E-state index in [1.54, 1.807) is 29.2 Å². The van der Waals surface area contributed by atoms with Gasteiger partial charge in [-0.1, -0.05) is 17.3 Å². The number of benzene rings is 2. The first-order valence-corrected chi connectivity index (χ1v) is 9.45. The Morgan fingerprint density at radius 2 is 1.93 bits per heavy atom. The van der Waals surface area contributed by atoms with Crippen molar-refractivity contribution in [2.75, 3.05) is 5.32 Å². The quantitative estimate of drug-likeness (QED) is 0.563. The third-order valence-corrected chi connectivity index (χ3v) is 5.11. The maximum atomic E-state index is 13.7. The van der Waals surface area contributed by atoms with E-state index in [-0.39, 0.29) is 11.6 Å². The number of hydrogen-bond donors (Lipinski definition) is 1. The van der Waals surface area contributed by atoms with Crippen molar-refractivity contribution in [2.45, 2.75) is 19.3 Å². The molecule has 1 aliphatic carbocycles. The van der Waals surface area contributed by atoms with E-state index in [1.807, 2.05) is 12.1 Å². The molecular formula is C21H16F2N6O. The van der Waals surface area contributed by atoms with E-state index < -0.39 is 11.6 Å². The summed E-state index contributed by atoms with van der Waals surface area (Å²) in [6.07, 6.45) is 5.51. The van der Waals surface area contributed by atoms with Crippen molar-refractivity contribution < 1.29 is 13.6 Å². The van der Waals surface area contributed by atoms with Gasteiger partial charge in [-0.05, 0) is 43.5 Å². The largest absolute Gasteiger partial charge is 0.319 e. The Hall–Kier alpha value is -3.88. The second-order valence-electron chi connectivity index (χ2n) is 6.96. The first-order chi connectivity index (χ1) is 14.6. The number of carbonyl (C=O) groups excluding carboxylic acids is 1. The molecule has 0 atom stereocenters. The van der Waals surface area contributed by atoms with Crippen LogP contribution >= 0.6 is 0 Å². The molecule has 7 nitrogen and oxygen atoms in total. The summed E-state index contributed by atoms with van der Waals surface area (Å²) in [5, 5.41) is 15.1. The minimum atomic E-state index is -0.956. The van der Waals surface area contributed by atoms with E-state index in [1.165, 1.54) is 10.7 Å². The molecule has 0 spiro atoms. The molecule has 2 aromatic carbocycles. The summed E-state index contributed by atoms with van der Waals surface area (Å²) < 4.78 is 30.2. The van der Waals surface area contributed by atoms with Crippen LogP contribution in [0.15, 0.2) is 54.9 Å². The van der Waals surface area contributed by atoms with Gasteiger partial charge in [0.1, 0.15) is 0 Å². The van der Waals surface area contributed by atoms with Gasteiger partial charge in [-0.2, -0.15) is 5.10 Å².